The van der Waals surface area contributed by atoms with Gasteiger partial charge >= 0.3 is 0 Å². The van der Waals surface area contributed by atoms with Crippen molar-refractivity contribution < 1.29 is 8.42 Å². The largest absolute Gasteiger partial charge is 0.330 e. The smallest absolute Gasteiger partial charge is 0.243 e. The van der Waals surface area contributed by atoms with Crippen LogP contribution in [-0.4, -0.2) is 32.4 Å². The zero-order valence-corrected chi connectivity index (χ0v) is 12.4. The van der Waals surface area contributed by atoms with E-state index in [1.54, 1.807) is 16.4 Å². The van der Waals surface area contributed by atoms with Crippen LogP contribution in [0.5, 0.6) is 0 Å². The number of aryl methyl sites for hydroxylation is 1. The third kappa shape index (κ3) is 2.83. The second kappa shape index (κ2) is 5.23. The summed E-state index contributed by atoms with van der Waals surface area (Å²) in [7, 11) is -3.37. The Hall–Kier alpha value is -0.910. The number of rotatable bonds is 4. The molecule has 1 atom stereocenters. The molecule has 1 heterocycles. The van der Waals surface area contributed by atoms with Crippen LogP contribution in [0.15, 0.2) is 29.2 Å². The first-order chi connectivity index (χ1) is 8.91. The SMILES string of the molecule is CCc1ccc(S(=O)(=O)N2CCC(C)(CN)C2)cc1. The summed E-state index contributed by atoms with van der Waals surface area (Å²) in [5, 5.41) is 0. The molecule has 2 N–H and O–H groups in total. The molecule has 1 aliphatic rings. The maximum atomic E-state index is 12.5. The van der Waals surface area contributed by atoms with Gasteiger partial charge in [0.05, 0.1) is 4.90 Å². The van der Waals surface area contributed by atoms with Crippen LogP contribution < -0.4 is 5.73 Å². The van der Waals surface area contributed by atoms with Gasteiger partial charge in [-0.25, -0.2) is 8.42 Å². The fourth-order valence-electron chi connectivity index (χ4n) is 2.40. The third-order valence-electron chi connectivity index (χ3n) is 3.99. The number of hydrogen-bond donors (Lipinski definition) is 1. The third-order valence-corrected chi connectivity index (χ3v) is 5.84. The lowest BCUT2D eigenvalue weighted by molar-refractivity contribution is 0.349. The highest BCUT2D eigenvalue weighted by molar-refractivity contribution is 7.89. The van der Waals surface area contributed by atoms with Gasteiger partial charge in [-0.3, -0.25) is 0 Å². The fourth-order valence-corrected chi connectivity index (χ4v) is 3.99. The predicted octanol–water partition coefficient (Wildman–Crippen LogP) is 1.61. The molecule has 1 aliphatic heterocycles. The van der Waals surface area contributed by atoms with Crippen LogP contribution in [-0.2, 0) is 16.4 Å². The summed E-state index contributed by atoms with van der Waals surface area (Å²) in [5.74, 6) is 0. The highest BCUT2D eigenvalue weighted by Gasteiger charge is 2.38. The molecule has 1 saturated heterocycles. The first-order valence-electron chi connectivity index (χ1n) is 6.70. The van der Waals surface area contributed by atoms with Gasteiger partial charge in [0.25, 0.3) is 0 Å². The van der Waals surface area contributed by atoms with E-state index in [1.807, 2.05) is 19.1 Å². The van der Waals surface area contributed by atoms with E-state index in [0.717, 1.165) is 18.4 Å². The lowest BCUT2D eigenvalue weighted by Gasteiger charge is -2.22. The molecule has 0 spiro atoms. The minimum absolute atomic E-state index is 0.0869. The van der Waals surface area contributed by atoms with Crippen molar-refractivity contribution >= 4 is 10.0 Å². The Morgan fingerprint density at radius 2 is 1.95 bits per heavy atom. The average Bonchev–Trinajstić information content (AvgIpc) is 2.83. The quantitative estimate of drug-likeness (QED) is 0.912. The minimum Gasteiger partial charge on any atom is -0.330 e. The molecular weight excluding hydrogens is 260 g/mol. The van der Waals surface area contributed by atoms with Gasteiger partial charge in [-0.05, 0) is 42.5 Å². The van der Waals surface area contributed by atoms with Crippen molar-refractivity contribution in [2.24, 2.45) is 11.1 Å². The summed E-state index contributed by atoms with van der Waals surface area (Å²) in [6, 6.07) is 7.16. The second-order valence-corrected chi connectivity index (χ2v) is 7.54. The van der Waals surface area contributed by atoms with E-state index >= 15 is 0 Å². The molecule has 1 aromatic rings. The summed E-state index contributed by atoms with van der Waals surface area (Å²) in [5.41, 5.74) is 6.79. The molecule has 1 unspecified atom stereocenters. The Labute approximate surface area is 115 Å². The minimum atomic E-state index is -3.37. The molecule has 0 amide bonds. The van der Waals surface area contributed by atoms with Crippen LogP contribution in [0.3, 0.4) is 0 Å². The van der Waals surface area contributed by atoms with Crippen molar-refractivity contribution in [3.63, 3.8) is 0 Å². The molecule has 0 saturated carbocycles. The molecule has 19 heavy (non-hydrogen) atoms. The van der Waals surface area contributed by atoms with Gasteiger partial charge in [0.1, 0.15) is 0 Å². The van der Waals surface area contributed by atoms with Crippen molar-refractivity contribution in [1.82, 2.24) is 4.31 Å². The predicted molar refractivity (Wildman–Crippen MR) is 76.4 cm³/mol. The van der Waals surface area contributed by atoms with Crippen LogP contribution in [0, 0.1) is 5.41 Å². The Bertz CT molecular complexity index is 539. The molecule has 0 bridgehead atoms. The molecule has 106 valence electrons. The molecular formula is C14H22N2O2S. The van der Waals surface area contributed by atoms with Gasteiger partial charge in [0, 0.05) is 13.1 Å². The van der Waals surface area contributed by atoms with Crippen LogP contribution in [0.25, 0.3) is 0 Å². The maximum absolute atomic E-state index is 12.5. The van der Waals surface area contributed by atoms with Crippen LogP contribution in [0.2, 0.25) is 0 Å². The monoisotopic (exact) mass is 282 g/mol. The number of benzene rings is 1. The lowest BCUT2D eigenvalue weighted by Crippen LogP contribution is -2.34. The van der Waals surface area contributed by atoms with Crippen LogP contribution in [0.1, 0.15) is 25.8 Å². The molecule has 5 heteroatoms. The van der Waals surface area contributed by atoms with Crippen molar-refractivity contribution in [2.45, 2.75) is 31.6 Å². The average molecular weight is 282 g/mol. The molecule has 2 rings (SSSR count). The van der Waals surface area contributed by atoms with E-state index in [-0.39, 0.29) is 5.41 Å². The number of hydrogen-bond acceptors (Lipinski definition) is 3. The van der Waals surface area contributed by atoms with Crippen molar-refractivity contribution in [3.8, 4) is 0 Å². The van der Waals surface area contributed by atoms with E-state index in [1.165, 1.54) is 0 Å². The molecule has 4 nitrogen and oxygen atoms in total. The Balaban J connectivity index is 2.23. The number of nitrogens with two attached hydrogens (primary N) is 1. The zero-order chi connectivity index (χ0) is 14.1. The van der Waals surface area contributed by atoms with Gasteiger partial charge in [0.2, 0.25) is 10.0 Å². The summed E-state index contributed by atoms with van der Waals surface area (Å²) in [6.45, 7) is 5.69. The van der Waals surface area contributed by atoms with E-state index in [9.17, 15) is 8.42 Å². The first-order valence-corrected chi connectivity index (χ1v) is 8.14. The van der Waals surface area contributed by atoms with Gasteiger partial charge in [-0.15, -0.1) is 0 Å². The second-order valence-electron chi connectivity index (χ2n) is 5.60. The topological polar surface area (TPSA) is 63.4 Å². The van der Waals surface area contributed by atoms with Gasteiger partial charge < -0.3 is 5.73 Å². The van der Waals surface area contributed by atoms with Gasteiger partial charge in [0.15, 0.2) is 0 Å². The Morgan fingerprint density at radius 3 is 2.42 bits per heavy atom. The van der Waals surface area contributed by atoms with E-state index < -0.39 is 10.0 Å². The highest BCUT2D eigenvalue weighted by atomic mass is 32.2. The maximum Gasteiger partial charge on any atom is 0.243 e. The first kappa shape index (κ1) is 14.5. The molecule has 0 aromatic heterocycles. The standard InChI is InChI=1S/C14H22N2O2S/c1-3-12-4-6-13(7-5-12)19(17,18)16-9-8-14(2,10-15)11-16/h4-7H,3,8-11,15H2,1-2H3. The van der Waals surface area contributed by atoms with Crippen LogP contribution in [0.4, 0.5) is 0 Å². The summed E-state index contributed by atoms with van der Waals surface area (Å²) >= 11 is 0. The molecule has 0 aliphatic carbocycles. The number of sulfonamides is 1. The van der Waals surface area contributed by atoms with Crippen molar-refractivity contribution in [2.75, 3.05) is 19.6 Å². The molecule has 1 fully saturated rings. The van der Waals surface area contributed by atoms with Crippen LogP contribution >= 0.6 is 0 Å². The molecule has 0 radical (unpaired) electrons. The van der Waals surface area contributed by atoms with E-state index in [4.69, 9.17) is 5.73 Å². The zero-order valence-electron chi connectivity index (χ0n) is 11.6. The Morgan fingerprint density at radius 1 is 1.32 bits per heavy atom. The number of nitrogens with zero attached hydrogens (tertiary/aromatic N) is 1. The summed E-state index contributed by atoms with van der Waals surface area (Å²) in [6.07, 6.45) is 1.74. The van der Waals surface area contributed by atoms with E-state index in [0.29, 0.717) is 24.5 Å². The summed E-state index contributed by atoms with van der Waals surface area (Å²) in [4.78, 5) is 0.381. The van der Waals surface area contributed by atoms with Crippen molar-refractivity contribution in [1.29, 1.82) is 0 Å². The van der Waals surface area contributed by atoms with E-state index in [2.05, 4.69) is 6.92 Å². The molecule has 1 aromatic carbocycles. The summed E-state index contributed by atoms with van der Waals surface area (Å²) < 4.78 is 26.6. The highest BCUT2D eigenvalue weighted by Crippen LogP contribution is 2.32. The van der Waals surface area contributed by atoms with Gasteiger partial charge in [-0.1, -0.05) is 26.0 Å². The lowest BCUT2D eigenvalue weighted by atomic mass is 9.90. The van der Waals surface area contributed by atoms with Crippen molar-refractivity contribution in [3.05, 3.63) is 29.8 Å². The van der Waals surface area contributed by atoms with Gasteiger partial charge in [-0.2, -0.15) is 4.31 Å². The fraction of sp³-hybridized carbons (Fsp3) is 0.571. The Kier molecular flexibility index (Phi) is 3.99. The normalized spacial score (nSPS) is 24.8.